The number of amides is 2. The first kappa shape index (κ1) is 18.6. The SMILES string of the molecule is O=C(N[C@@H]1CCC[C@@H]1NC(=O)c1cc(=O)[nH]c(=O)[nH]1)c1cccc(CO)c1. The monoisotopic (exact) mass is 372 g/mol. The second-order valence-corrected chi connectivity index (χ2v) is 6.45. The number of aliphatic hydroxyl groups excluding tert-OH is 1. The fourth-order valence-corrected chi connectivity index (χ4v) is 3.21. The van der Waals surface area contributed by atoms with Crippen LogP contribution < -0.4 is 21.9 Å². The number of carbonyl (C=O) groups is 2. The van der Waals surface area contributed by atoms with E-state index >= 15 is 0 Å². The Morgan fingerprint density at radius 3 is 2.41 bits per heavy atom. The Kier molecular flexibility index (Phi) is 5.51. The molecule has 1 heterocycles. The second kappa shape index (κ2) is 8.00. The number of benzene rings is 1. The zero-order valence-corrected chi connectivity index (χ0v) is 14.5. The first-order chi connectivity index (χ1) is 13.0. The lowest BCUT2D eigenvalue weighted by Crippen LogP contribution is -2.49. The number of aromatic nitrogens is 2. The number of nitrogens with one attached hydrogen (secondary N) is 4. The summed E-state index contributed by atoms with van der Waals surface area (Å²) in [7, 11) is 0. The van der Waals surface area contributed by atoms with Crippen LogP contribution in [0.5, 0.6) is 0 Å². The summed E-state index contributed by atoms with van der Waals surface area (Å²) in [6, 6.07) is 7.10. The molecule has 2 amide bonds. The van der Waals surface area contributed by atoms with Crippen molar-refractivity contribution in [2.75, 3.05) is 0 Å². The molecule has 27 heavy (non-hydrogen) atoms. The zero-order chi connectivity index (χ0) is 19.4. The van der Waals surface area contributed by atoms with Crippen LogP contribution in [0.25, 0.3) is 0 Å². The molecular formula is C18H20N4O5. The molecule has 0 spiro atoms. The predicted octanol–water partition coefficient (Wildman–Crippen LogP) is -0.364. The van der Waals surface area contributed by atoms with Crippen molar-refractivity contribution in [3.63, 3.8) is 0 Å². The standard InChI is InChI=1S/C18H20N4O5/c23-9-10-3-1-4-11(7-10)16(25)19-12-5-2-6-13(12)20-17(26)14-8-15(24)22-18(27)21-14/h1,3-4,7-8,12-13,23H,2,5-6,9H2,(H,19,25)(H,20,26)(H2,21,22,24,27)/t12-,13+/m1/s1. The minimum atomic E-state index is -0.757. The molecule has 0 unspecified atom stereocenters. The number of aliphatic hydroxyl groups is 1. The van der Waals surface area contributed by atoms with Gasteiger partial charge in [-0.2, -0.15) is 0 Å². The highest BCUT2D eigenvalue weighted by Crippen LogP contribution is 2.20. The zero-order valence-electron chi connectivity index (χ0n) is 14.5. The van der Waals surface area contributed by atoms with E-state index in [2.05, 4.69) is 15.6 Å². The molecule has 0 radical (unpaired) electrons. The normalized spacial score (nSPS) is 18.9. The van der Waals surface area contributed by atoms with E-state index < -0.39 is 17.2 Å². The molecule has 1 aliphatic rings. The number of aromatic amines is 2. The molecule has 142 valence electrons. The van der Waals surface area contributed by atoms with Crippen LogP contribution in [-0.2, 0) is 6.61 Å². The Morgan fingerprint density at radius 2 is 1.74 bits per heavy atom. The van der Waals surface area contributed by atoms with Gasteiger partial charge in [-0.25, -0.2) is 4.79 Å². The van der Waals surface area contributed by atoms with E-state index in [0.29, 0.717) is 24.0 Å². The molecule has 3 rings (SSSR count). The molecule has 0 aliphatic heterocycles. The first-order valence-corrected chi connectivity index (χ1v) is 8.61. The Labute approximate surface area is 153 Å². The molecule has 9 heteroatoms. The Bertz CT molecular complexity index is 936. The fraction of sp³-hybridized carbons (Fsp3) is 0.333. The second-order valence-electron chi connectivity index (χ2n) is 6.45. The van der Waals surface area contributed by atoms with Gasteiger partial charge in [0, 0.05) is 23.7 Å². The van der Waals surface area contributed by atoms with Crippen molar-refractivity contribution in [2.45, 2.75) is 38.0 Å². The van der Waals surface area contributed by atoms with E-state index in [9.17, 15) is 24.3 Å². The summed E-state index contributed by atoms with van der Waals surface area (Å²) in [5.41, 5.74) is -0.484. The third-order valence-corrected chi connectivity index (χ3v) is 4.53. The minimum Gasteiger partial charge on any atom is -0.392 e. The van der Waals surface area contributed by atoms with Crippen LogP contribution in [0.4, 0.5) is 0 Å². The van der Waals surface area contributed by atoms with Gasteiger partial charge in [0.05, 0.1) is 6.61 Å². The van der Waals surface area contributed by atoms with Gasteiger partial charge in [0.15, 0.2) is 0 Å². The van der Waals surface area contributed by atoms with Crippen LogP contribution in [0.3, 0.4) is 0 Å². The predicted molar refractivity (Wildman–Crippen MR) is 96.4 cm³/mol. The van der Waals surface area contributed by atoms with Gasteiger partial charge in [-0.1, -0.05) is 12.1 Å². The van der Waals surface area contributed by atoms with Crippen molar-refractivity contribution in [3.8, 4) is 0 Å². The van der Waals surface area contributed by atoms with Crippen molar-refractivity contribution in [1.82, 2.24) is 20.6 Å². The van der Waals surface area contributed by atoms with Gasteiger partial charge in [-0.15, -0.1) is 0 Å². The lowest BCUT2D eigenvalue weighted by Gasteiger charge is -2.22. The first-order valence-electron chi connectivity index (χ1n) is 8.61. The molecular weight excluding hydrogens is 352 g/mol. The van der Waals surface area contributed by atoms with Crippen LogP contribution in [-0.4, -0.2) is 39.0 Å². The molecule has 2 atom stereocenters. The lowest BCUT2D eigenvalue weighted by atomic mass is 10.1. The maximum absolute atomic E-state index is 12.5. The van der Waals surface area contributed by atoms with E-state index in [1.165, 1.54) is 0 Å². The number of rotatable bonds is 5. The maximum atomic E-state index is 12.5. The van der Waals surface area contributed by atoms with E-state index in [1.807, 2.05) is 4.98 Å². The smallest absolute Gasteiger partial charge is 0.326 e. The lowest BCUT2D eigenvalue weighted by molar-refractivity contribution is 0.0889. The number of hydrogen-bond acceptors (Lipinski definition) is 5. The summed E-state index contributed by atoms with van der Waals surface area (Å²) in [4.78, 5) is 51.7. The molecule has 0 bridgehead atoms. The fourth-order valence-electron chi connectivity index (χ4n) is 3.21. The highest BCUT2D eigenvalue weighted by atomic mass is 16.3. The molecule has 2 aromatic rings. The Balaban J connectivity index is 1.68. The van der Waals surface area contributed by atoms with E-state index in [4.69, 9.17) is 0 Å². The molecule has 1 fully saturated rings. The average Bonchev–Trinajstić information content (AvgIpc) is 3.07. The van der Waals surface area contributed by atoms with E-state index in [1.54, 1.807) is 24.3 Å². The molecule has 1 saturated carbocycles. The third-order valence-electron chi connectivity index (χ3n) is 4.53. The Morgan fingerprint density at radius 1 is 1.04 bits per heavy atom. The van der Waals surface area contributed by atoms with Crippen molar-refractivity contribution < 1.29 is 14.7 Å². The maximum Gasteiger partial charge on any atom is 0.326 e. The van der Waals surface area contributed by atoms with E-state index in [-0.39, 0.29) is 30.3 Å². The van der Waals surface area contributed by atoms with Crippen LogP contribution >= 0.6 is 0 Å². The highest BCUT2D eigenvalue weighted by molar-refractivity contribution is 5.95. The van der Waals surface area contributed by atoms with Gasteiger partial charge >= 0.3 is 5.69 Å². The summed E-state index contributed by atoms with van der Waals surface area (Å²) in [6.45, 7) is -0.155. The van der Waals surface area contributed by atoms with Crippen LogP contribution in [0.1, 0.15) is 45.7 Å². The molecule has 1 aliphatic carbocycles. The summed E-state index contributed by atoms with van der Waals surface area (Å²) in [6.07, 6.45) is 2.18. The van der Waals surface area contributed by atoms with Gasteiger partial charge in [0.25, 0.3) is 17.4 Å². The molecule has 1 aromatic heterocycles. The number of hydrogen-bond donors (Lipinski definition) is 5. The summed E-state index contributed by atoms with van der Waals surface area (Å²) in [5, 5.41) is 14.9. The van der Waals surface area contributed by atoms with Gasteiger partial charge < -0.3 is 20.7 Å². The molecule has 0 saturated heterocycles. The van der Waals surface area contributed by atoms with Gasteiger partial charge in [-0.3, -0.25) is 19.4 Å². The van der Waals surface area contributed by atoms with Gasteiger partial charge in [0.1, 0.15) is 5.69 Å². The Hall–Kier alpha value is -3.20. The van der Waals surface area contributed by atoms with Gasteiger partial charge in [0.2, 0.25) is 0 Å². The molecule has 1 aromatic carbocycles. The van der Waals surface area contributed by atoms with E-state index in [0.717, 1.165) is 12.5 Å². The minimum absolute atomic E-state index is 0.128. The summed E-state index contributed by atoms with van der Waals surface area (Å²) in [5.74, 6) is -0.868. The summed E-state index contributed by atoms with van der Waals surface area (Å²) >= 11 is 0. The van der Waals surface area contributed by atoms with Gasteiger partial charge in [-0.05, 0) is 37.0 Å². The quantitative estimate of drug-likeness (QED) is 0.487. The van der Waals surface area contributed by atoms with Crippen molar-refractivity contribution in [1.29, 1.82) is 0 Å². The molecule has 5 N–H and O–H groups in total. The number of H-pyrrole nitrogens is 2. The molecule has 9 nitrogen and oxygen atoms in total. The average molecular weight is 372 g/mol. The van der Waals surface area contributed by atoms with Crippen molar-refractivity contribution in [2.24, 2.45) is 0 Å². The topological polar surface area (TPSA) is 144 Å². The van der Waals surface area contributed by atoms with Crippen molar-refractivity contribution in [3.05, 3.63) is 68.0 Å². The van der Waals surface area contributed by atoms with Crippen molar-refractivity contribution >= 4 is 11.8 Å². The van der Waals surface area contributed by atoms with Crippen LogP contribution in [0.2, 0.25) is 0 Å². The summed E-state index contributed by atoms with van der Waals surface area (Å²) < 4.78 is 0. The largest absolute Gasteiger partial charge is 0.392 e. The van der Waals surface area contributed by atoms with Crippen LogP contribution in [0, 0.1) is 0 Å². The van der Waals surface area contributed by atoms with Crippen LogP contribution in [0.15, 0.2) is 39.9 Å². The number of carbonyl (C=O) groups excluding carboxylic acids is 2. The highest BCUT2D eigenvalue weighted by Gasteiger charge is 2.30. The third kappa shape index (κ3) is 4.50.